The molecule has 6 nitrogen and oxygen atoms in total. The van der Waals surface area contributed by atoms with Crippen molar-refractivity contribution in [3.05, 3.63) is 6.33 Å². The molecule has 86 valence electrons. The van der Waals surface area contributed by atoms with E-state index < -0.39 is 0 Å². The van der Waals surface area contributed by atoms with Crippen LogP contribution in [0, 0.1) is 0 Å². The van der Waals surface area contributed by atoms with Gasteiger partial charge in [0.15, 0.2) is 22.1 Å². The molecule has 2 aromatic rings. The SMILES string of the molecule is CCOCCn1c(S)nc2c(N)ncnc21. The molecule has 0 amide bonds. The zero-order valence-electron chi connectivity index (χ0n) is 8.92. The number of aromatic nitrogens is 4. The lowest BCUT2D eigenvalue weighted by atomic mass is 10.5. The molecule has 2 N–H and O–H groups in total. The first kappa shape index (κ1) is 11.2. The summed E-state index contributed by atoms with van der Waals surface area (Å²) < 4.78 is 7.14. The largest absolute Gasteiger partial charge is 0.382 e. The summed E-state index contributed by atoms with van der Waals surface area (Å²) in [5.41, 5.74) is 6.98. The molecule has 2 rings (SSSR count). The van der Waals surface area contributed by atoms with Crippen molar-refractivity contribution < 1.29 is 4.74 Å². The van der Waals surface area contributed by atoms with Gasteiger partial charge in [-0.1, -0.05) is 0 Å². The van der Waals surface area contributed by atoms with Gasteiger partial charge in [-0.05, 0) is 6.92 Å². The maximum Gasteiger partial charge on any atom is 0.167 e. The van der Waals surface area contributed by atoms with E-state index >= 15 is 0 Å². The molecule has 0 radical (unpaired) electrons. The van der Waals surface area contributed by atoms with Crippen molar-refractivity contribution in [2.24, 2.45) is 0 Å². The van der Waals surface area contributed by atoms with Crippen LogP contribution in [0.4, 0.5) is 5.82 Å². The van der Waals surface area contributed by atoms with Crippen LogP contribution in [0.25, 0.3) is 11.2 Å². The Morgan fingerprint density at radius 1 is 1.50 bits per heavy atom. The van der Waals surface area contributed by atoms with Crippen LogP contribution in [0.2, 0.25) is 0 Å². The van der Waals surface area contributed by atoms with E-state index in [4.69, 9.17) is 10.5 Å². The van der Waals surface area contributed by atoms with E-state index in [0.717, 1.165) is 0 Å². The third-order valence-electron chi connectivity index (χ3n) is 2.20. The van der Waals surface area contributed by atoms with Gasteiger partial charge in [0.2, 0.25) is 0 Å². The number of fused-ring (bicyclic) bond motifs is 1. The molecular formula is C9H13N5OS. The van der Waals surface area contributed by atoms with Gasteiger partial charge < -0.3 is 15.0 Å². The zero-order valence-corrected chi connectivity index (χ0v) is 9.81. The summed E-state index contributed by atoms with van der Waals surface area (Å²) in [7, 11) is 0. The highest BCUT2D eigenvalue weighted by Crippen LogP contribution is 2.19. The smallest absolute Gasteiger partial charge is 0.167 e. The van der Waals surface area contributed by atoms with Gasteiger partial charge in [0.05, 0.1) is 13.2 Å². The Kier molecular flexibility index (Phi) is 3.25. The second-order valence-corrected chi connectivity index (χ2v) is 3.59. The summed E-state index contributed by atoms with van der Waals surface area (Å²) >= 11 is 4.28. The topological polar surface area (TPSA) is 78.9 Å². The minimum atomic E-state index is 0.371. The molecule has 16 heavy (non-hydrogen) atoms. The molecule has 2 heterocycles. The van der Waals surface area contributed by atoms with Gasteiger partial charge in [0.25, 0.3) is 0 Å². The lowest BCUT2D eigenvalue weighted by Gasteiger charge is -2.05. The highest BCUT2D eigenvalue weighted by molar-refractivity contribution is 7.80. The lowest BCUT2D eigenvalue weighted by molar-refractivity contribution is 0.138. The zero-order chi connectivity index (χ0) is 11.5. The monoisotopic (exact) mass is 239 g/mol. The fourth-order valence-corrected chi connectivity index (χ4v) is 1.74. The van der Waals surface area contributed by atoms with Gasteiger partial charge in [-0.25, -0.2) is 15.0 Å². The number of hydrogen-bond acceptors (Lipinski definition) is 6. The highest BCUT2D eigenvalue weighted by Gasteiger charge is 2.11. The molecule has 7 heteroatoms. The van der Waals surface area contributed by atoms with Crippen LogP contribution in [-0.2, 0) is 11.3 Å². The maximum atomic E-state index is 5.70. The fraction of sp³-hybridized carbons (Fsp3) is 0.444. The summed E-state index contributed by atoms with van der Waals surface area (Å²) in [4.78, 5) is 12.2. The van der Waals surface area contributed by atoms with Crippen molar-refractivity contribution in [2.75, 3.05) is 18.9 Å². The molecule has 0 aliphatic heterocycles. The van der Waals surface area contributed by atoms with Crippen LogP contribution < -0.4 is 5.73 Å². The van der Waals surface area contributed by atoms with E-state index in [-0.39, 0.29) is 0 Å². The summed E-state index contributed by atoms with van der Waals surface area (Å²) in [5, 5.41) is 0.571. The Bertz CT molecular complexity index is 498. The Morgan fingerprint density at radius 3 is 3.06 bits per heavy atom. The first-order valence-electron chi connectivity index (χ1n) is 4.97. The molecule has 0 saturated carbocycles. The van der Waals surface area contributed by atoms with Crippen molar-refractivity contribution in [3.63, 3.8) is 0 Å². The van der Waals surface area contributed by atoms with Crippen molar-refractivity contribution in [3.8, 4) is 0 Å². The standard InChI is InChI=1S/C9H13N5OS/c1-2-15-4-3-14-8-6(13-9(14)16)7(10)11-5-12-8/h5H,2-4H2,1H3,(H,13,16)(H2,10,11,12). The van der Waals surface area contributed by atoms with Gasteiger partial charge in [0.1, 0.15) is 6.33 Å². The Labute approximate surface area is 98.3 Å². The number of ether oxygens (including phenoxy) is 1. The predicted molar refractivity (Wildman–Crippen MR) is 63.5 cm³/mol. The van der Waals surface area contributed by atoms with Gasteiger partial charge in [-0.3, -0.25) is 0 Å². The number of anilines is 1. The maximum absolute atomic E-state index is 5.70. The van der Waals surface area contributed by atoms with E-state index in [9.17, 15) is 0 Å². The van der Waals surface area contributed by atoms with Crippen LogP contribution >= 0.6 is 12.6 Å². The Morgan fingerprint density at radius 2 is 2.31 bits per heavy atom. The predicted octanol–water partition coefficient (Wildman–Crippen LogP) is 0.734. The number of nitrogen functional groups attached to an aromatic ring is 1. The van der Waals surface area contributed by atoms with Gasteiger partial charge >= 0.3 is 0 Å². The molecule has 2 aromatic heterocycles. The third kappa shape index (κ3) is 1.96. The minimum Gasteiger partial charge on any atom is -0.382 e. The molecular weight excluding hydrogens is 226 g/mol. The van der Waals surface area contributed by atoms with Crippen LogP contribution in [0.1, 0.15) is 6.92 Å². The molecule has 0 fully saturated rings. The second-order valence-electron chi connectivity index (χ2n) is 3.19. The summed E-state index contributed by atoms with van der Waals surface area (Å²) in [6.45, 7) is 3.89. The molecule has 0 saturated heterocycles. The number of nitrogens with two attached hydrogens (primary N) is 1. The molecule has 0 bridgehead atoms. The number of imidazole rings is 1. The van der Waals surface area contributed by atoms with Crippen molar-refractivity contribution in [2.45, 2.75) is 18.6 Å². The van der Waals surface area contributed by atoms with Gasteiger partial charge in [0, 0.05) is 6.61 Å². The fourth-order valence-electron chi connectivity index (χ4n) is 1.45. The minimum absolute atomic E-state index is 0.371. The molecule has 0 spiro atoms. The first-order valence-corrected chi connectivity index (χ1v) is 5.42. The molecule has 0 unspecified atom stereocenters. The van der Waals surface area contributed by atoms with Crippen molar-refractivity contribution >= 4 is 29.6 Å². The quantitative estimate of drug-likeness (QED) is 0.607. The van der Waals surface area contributed by atoms with E-state index in [1.807, 2.05) is 11.5 Å². The van der Waals surface area contributed by atoms with Crippen LogP contribution in [0.3, 0.4) is 0 Å². The summed E-state index contributed by atoms with van der Waals surface area (Å²) in [6, 6.07) is 0. The second kappa shape index (κ2) is 4.67. The molecule has 0 aliphatic carbocycles. The van der Waals surface area contributed by atoms with Crippen LogP contribution in [0.5, 0.6) is 0 Å². The van der Waals surface area contributed by atoms with Gasteiger partial charge in [-0.15, -0.1) is 12.6 Å². The van der Waals surface area contributed by atoms with E-state index in [2.05, 4.69) is 27.6 Å². The van der Waals surface area contributed by atoms with Crippen molar-refractivity contribution in [1.29, 1.82) is 0 Å². The van der Waals surface area contributed by atoms with E-state index in [0.29, 0.717) is 41.9 Å². The van der Waals surface area contributed by atoms with E-state index in [1.165, 1.54) is 6.33 Å². The van der Waals surface area contributed by atoms with E-state index in [1.54, 1.807) is 0 Å². The highest BCUT2D eigenvalue weighted by atomic mass is 32.1. The molecule has 0 aromatic carbocycles. The van der Waals surface area contributed by atoms with Gasteiger partial charge in [-0.2, -0.15) is 0 Å². The Hall–Kier alpha value is -1.34. The summed E-state index contributed by atoms with van der Waals surface area (Å²) in [5.74, 6) is 0.371. The third-order valence-corrected chi connectivity index (χ3v) is 2.54. The molecule has 0 atom stereocenters. The average Bonchev–Trinajstić information content (AvgIpc) is 2.58. The first-order chi connectivity index (χ1) is 7.74. The number of hydrogen-bond donors (Lipinski definition) is 2. The molecule has 0 aliphatic rings. The number of rotatable bonds is 4. The van der Waals surface area contributed by atoms with Crippen LogP contribution in [0.15, 0.2) is 11.5 Å². The average molecular weight is 239 g/mol. The van der Waals surface area contributed by atoms with Crippen LogP contribution in [-0.4, -0.2) is 32.7 Å². The lowest BCUT2D eigenvalue weighted by Crippen LogP contribution is -2.07. The number of nitrogens with zero attached hydrogens (tertiary/aromatic N) is 4. The normalized spacial score (nSPS) is 11.1. The Balaban J connectivity index is 2.36. The number of thiol groups is 1. The summed E-state index contributed by atoms with van der Waals surface area (Å²) in [6.07, 6.45) is 1.42. The van der Waals surface area contributed by atoms with Crippen molar-refractivity contribution in [1.82, 2.24) is 19.5 Å².